The zero-order valence-electron chi connectivity index (χ0n) is 18.5. The van der Waals surface area contributed by atoms with Crippen LogP contribution in [0.1, 0.15) is 31.7 Å². The van der Waals surface area contributed by atoms with Gasteiger partial charge in [-0.3, -0.25) is 9.89 Å². The van der Waals surface area contributed by atoms with Crippen LogP contribution in [0.5, 0.6) is 0 Å². The highest BCUT2D eigenvalue weighted by Crippen LogP contribution is 2.17. The molecule has 1 aliphatic heterocycles. The van der Waals surface area contributed by atoms with Gasteiger partial charge in [0.2, 0.25) is 0 Å². The van der Waals surface area contributed by atoms with Crippen LogP contribution in [0.3, 0.4) is 0 Å². The van der Waals surface area contributed by atoms with E-state index in [0.29, 0.717) is 0 Å². The molecule has 0 saturated carbocycles. The molecule has 1 aromatic rings. The average Bonchev–Trinajstić information content (AvgIpc) is 2.72. The summed E-state index contributed by atoms with van der Waals surface area (Å²) < 4.78 is 5.35. The molecule has 0 atom stereocenters. The molecule has 0 amide bonds. The van der Waals surface area contributed by atoms with Gasteiger partial charge < -0.3 is 20.3 Å². The lowest BCUT2D eigenvalue weighted by molar-refractivity contribution is 0.145. The highest BCUT2D eigenvalue weighted by molar-refractivity contribution is 14.0. The number of guanidine groups is 1. The Balaban J connectivity index is 0.00000420. The standard InChI is InChI=1S/C22H39N5O.HI/c1-4-28-18-8-12-25-22(23-3)24-11-5-6-13-26-14-16-27(17-15-26)21-10-7-9-20(2)19-21;/h7,9-10,19H,4-6,8,11-18H2,1-3H3,(H2,23,24,25);1H. The molecule has 6 nitrogen and oxygen atoms in total. The van der Waals surface area contributed by atoms with Crippen molar-refractivity contribution >= 4 is 35.6 Å². The maximum Gasteiger partial charge on any atom is 0.190 e. The second kappa shape index (κ2) is 15.7. The SMILES string of the molecule is CCOCCCNC(=NC)NCCCCN1CCN(c2cccc(C)c2)CC1.I. The van der Waals surface area contributed by atoms with E-state index in [4.69, 9.17) is 4.74 Å². The van der Waals surface area contributed by atoms with Gasteiger partial charge in [0.05, 0.1) is 0 Å². The van der Waals surface area contributed by atoms with E-state index in [1.165, 1.54) is 24.2 Å². The van der Waals surface area contributed by atoms with Crippen molar-refractivity contribution in [3.63, 3.8) is 0 Å². The van der Waals surface area contributed by atoms with E-state index in [2.05, 4.69) is 56.6 Å². The molecule has 7 heteroatoms. The van der Waals surface area contributed by atoms with Gasteiger partial charge in [0.15, 0.2) is 5.96 Å². The van der Waals surface area contributed by atoms with Crippen LogP contribution >= 0.6 is 24.0 Å². The quantitative estimate of drug-likeness (QED) is 0.205. The zero-order valence-corrected chi connectivity index (χ0v) is 20.8. The van der Waals surface area contributed by atoms with Crippen molar-refractivity contribution in [2.75, 3.05) is 71.0 Å². The van der Waals surface area contributed by atoms with E-state index in [1.807, 2.05) is 14.0 Å². The first-order chi connectivity index (χ1) is 13.7. The molecular weight excluding hydrogens is 477 g/mol. The molecule has 29 heavy (non-hydrogen) atoms. The average molecular weight is 518 g/mol. The molecule has 2 rings (SSSR count). The van der Waals surface area contributed by atoms with E-state index in [9.17, 15) is 0 Å². The number of anilines is 1. The molecule has 0 aliphatic carbocycles. The number of nitrogens with one attached hydrogen (secondary N) is 2. The van der Waals surface area contributed by atoms with E-state index in [0.717, 1.165) is 71.3 Å². The third kappa shape index (κ3) is 10.5. The molecule has 0 unspecified atom stereocenters. The molecule has 0 spiro atoms. The second-order valence-electron chi connectivity index (χ2n) is 7.35. The molecule has 1 aromatic carbocycles. The van der Waals surface area contributed by atoms with Crippen molar-refractivity contribution < 1.29 is 4.74 Å². The molecule has 1 fully saturated rings. The number of ether oxygens (including phenoxy) is 1. The van der Waals surface area contributed by atoms with Crippen molar-refractivity contribution in [3.05, 3.63) is 29.8 Å². The highest BCUT2D eigenvalue weighted by atomic mass is 127. The normalized spacial score (nSPS) is 15.1. The maximum absolute atomic E-state index is 5.35. The number of aryl methyl sites for hydroxylation is 1. The van der Waals surface area contributed by atoms with Crippen LogP contribution in [-0.4, -0.2) is 76.9 Å². The van der Waals surface area contributed by atoms with Crippen molar-refractivity contribution in [2.45, 2.75) is 33.1 Å². The number of piperazine rings is 1. The van der Waals surface area contributed by atoms with Gasteiger partial charge in [0, 0.05) is 65.2 Å². The number of hydrogen-bond donors (Lipinski definition) is 2. The number of unbranched alkanes of at least 4 members (excludes halogenated alkanes) is 1. The largest absolute Gasteiger partial charge is 0.382 e. The fraction of sp³-hybridized carbons (Fsp3) is 0.682. The summed E-state index contributed by atoms with van der Waals surface area (Å²) in [4.78, 5) is 9.37. The van der Waals surface area contributed by atoms with Crippen molar-refractivity contribution in [1.29, 1.82) is 0 Å². The first kappa shape index (κ1) is 26.0. The summed E-state index contributed by atoms with van der Waals surface area (Å²) in [5.74, 6) is 0.892. The van der Waals surface area contributed by atoms with Gasteiger partial charge in [0.25, 0.3) is 0 Å². The molecule has 0 aromatic heterocycles. The van der Waals surface area contributed by atoms with Gasteiger partial charge in [0.1, 0.15) is 0 Å². The monoisotopic (exact) mass is 517 g/mol. The summed E-state index contributed by atoms with van der Waals surface area (Å²) in [6, 6.07) is 8.84. The number of hydrogen-bond acceptors (Lipinski definition) is 4. The summed E-state index contributed by atoms with van der Waals surface area (Å²) in [6.45, 7) is 13.4. The predicted octanol–water partition coefficient (Wildman–Crippen LogP) is 3.11. The summed E-state index contributed by atoms with van der Waals surface area (Å²) in [5.41, 5.74) is 2.70. The number of halogens is 1. The van der Waals surface area contributed by atoms with Crippen LogP contribution in [0.25, 0.3) is 0 Å². The fourth-order valence-corrected chi connectivity index (χ4v) is 3.47. The van der Waals surface area contributed by atoms with Crippen LogP contribution in [0.15, 0.2) is 29.3 Å². The molecule has 1 heterocycles. The molecule has 0 bridgehead atoms. The summed E-state index contributed by atoms with van der Waals surface area (Å²) in [5, 5.41) is 6.74. The fourth-order valence-electron chi connectivity index (χ4n) is 3.47. The topological polar surface area (TPSA) is 52.1 Å². The second-order valence-corrected chi connectivity index (χ2v) is 7.35. The van der Waals surface area contributed by atoms with E-state index >= 15 is 0 Å². The molecule has 0 radical (unpaired) electrons. The van der Waals surface area contributed by atoms with Gasteiger partial charge in [-0.05, 0) is 57.4 Å². The Labute approximate surface area is 194 Å². The van der Waals surface area contributed by atoms with Gasteiger partial charge in [-0.15, -0.1) is 24.0 Å². The number of benzene rings is 1. The zero-order chi connectivity index (χ0) is 20.0. The van der Waals surface area contributed by atoms with Crippen LogP contribution < -0.4 is 15.5 Å². The van der Waals surface area contributed by atoms with Gasteiger partial charge in [-0.25, -0.2) is 0 Å². The highest BCUT2D eigenvalue weighted by Gasteiger charge is 2.16. The van der Waals surface area contributed by atoms with Crippen molar-refractivity contribution in [1.82, 2.24) is 15.5 Å². The predicted molar refractivity (Wildman–Crippen MR) is 135 cm³/mol. The van der Waals surface area contributed by atoms with Crippen LogP contribution in [0, 0.1) is 6.92 Å². The van der Waals surface area contributed by atoms with Crippen molar-refractivity contribution in [3.8, 4) is 0 Å². The van der Waals surface area contributed by atoms with Gasteiger partial charge >= 0.3 is 0 Å². The Morgan fingerprint density at radius 1 is 1.07 bits per heavy atom. The Kier molecular flexibility index (Phi) is 14.1. The third-order valence-corrected chi connectivity index (χ3v) is 5.12. The Hall–Kier alpha value is -1.06. The van der Waals surface area contributed by atoms with E-state index in [-0.39, 0.29) is 24.0 Å². The van der Waals surface area contributed by atoms with Gasteiger partial charge in [-0.1, -0.05) is 12.1 Å². The van der Waals surface area contributed by atoms with Crippen LogP contribution in [0.2, 0.25) is 0 Å². The minimum atomic E-state index is 0. The maximum atomic E-state index is 5.35. The Bertz CT molecular complexity index is 576. The van der Waals surface area contributed by atoms with E-state index < -0.39 is 0 Å². The number of nitrogens with zero attached hydrogens (tertiary/aromatic N) is 3. The van der Waals surface area contributed by atoms with E-state index in [1.54, 1.807) is 0 Å². The lowest BCUT2D eigenvalue weighted by atomic mass is 10.2. The molecular formula is C22H40IN5O. The summed E-state index contributed by atoms with van der Waals surface area (Å²) in [6.07, 6.45) is 3.39. The Morgan fingerprint density at radius 3 is 2.45 bits per heavy atom. The molecule has 2 N–H and O–H groups in total. The minimum Gasteiger partial charge on any atom is -0.382 e. The van der Waals surface area contributed by atoms with Gasteiger partial charge in [-0.2, -0.15) is 0 Å². The summed E-state index contributed by atoms with van der Waals surface area (Å²) in [7, 11) is 1.82. The summed E-state index contributed by atoms with van der Waals surface area (Å²) >= 11 is 0. The number of rotatable bonds is 11. The third-order valence-electron chi connectivity index (χ3n) is 5.12. The van der Waals surface area contributed by atoms with Crippen molar-refractivity contribution in [2.24, 2.45) is 4.99 Å². The van der Waals surface area contributed by atoms with Crippen LogP contribution in [-0.2, 0) is 4.74 Å². The lowest BCUT2D eigenvalue weighted by Gasteiger charge is -2.36. The minimum absolute atomic E-state index is 0. The smallest absolute Gasteiger partial charge is 0.190 e. The molecule has 1 saturated heterocycles. The first-order valence-corrected chi connectivity index (χ1v) is 10.8. The Morgan fingerprint density at radius 2 is 1.79 bits per heavy atom. The lowest BCUT2D eigenvalue weighted by Crippen LogP contribution is -2.46. The number of aliphatic imine (C=N–C) groups is 1. The molecule has 1 aliphatic rings. The molecule has 166 valence electrons. The first-order valence-electron chi connectivity index (χ1n) is 10.8. The van der Waals surface area contributed by atoms with Crippen LogP contribution in [0.4, 0.5) is 5.69 Å².